The molecule has 4 rings (SSSR count). The molecule has 204 valence electrons. The number of rotatable bonds is 5. The van der Waals surface area contributed by atoms with E-state index in [1.807, 2.05) is 36.0 Å². The number of amides is 3. The normalized spacial score (nSPS) is 23.8. The monoisotopic (exact) mass is 532 g/mol. The first kappa shape index (κ1) is 27.4. The van der Waals surface area contributed by atoms with E-state index in [2.05, 4.69) is 16.4 Å². The summed E-state index contributed by atoms with van der Waals surface area (Å²) in [6.07, 6.45) is -0.212. The minimum atomic E-state index is -5.16. The highest BCUT2D eigenvalue weighted by molar-refractivity contribution is 5.95. The maximum absolute atomic E-state index is 13.7. The van der Waals surface area contributed by atoms with E-state index in [9.17, 15) is 32.8 Å². The van der Waals surface area contributed by atoms with Crippen LogP contribution in [0.3, 0.4) is 0 Å². The summed E-state index contributed by atoms with van der Waals surface area (Å²) in [5.74, 6) is -3.85. The molecule has 1 aliphatic carbocycles. The zero-order chi connectivity index (χ0) is 28.4. The number of fused-ring (bicyclic) bond motifs is 2. The van der Waals surface area contributed by atoms with Crippen LogP contribution in [0, 0.1) is 34.0 Å². The van der Waals surface area contributed by atoms with Crippen molar-refractivity contribution in [2.24, 2.45) is 29.7 Å². The Kier molecular flexibility index (Phi) is 6.49. The van der Waals surface area contributed by atoms with Crippen LogP contribution >= 0.6 is 0 Å². The fourth-order valence-electron chi connectivity index (χ4n) is 5.74. The van der Waals surface area contributed by atoms with Crippen molar-refractivity contribution in [3.63, 3.8) is 0 Å². The van der Waals surface area contributed by atoms with Gasteiger partial charge in [-0.05, 0) is 28.7 Å². The van der Waals surface area contributed by atoms with Crippen molar-refractivity contribution in [1.82, 2.24) is 25.1 Å². The number of aryl methyl sites for hydroxylation is 1. The first-order valence-corrected chi connectivity index (χ1v) is 12.3. The molecule has 0 bridgehead atoms. The third kappa shape index (κ3) is 4.59. The van der Waals surface area contributed by atoms with E-state index in [-0.39, 0.29) is 23.8 Å². The molecule has 1 saturated carbocycles. The number of pyridine rings is 1. The van der Waals surface area contributed by atoms with Crippen LogP contribution in [-0.4, -0.2) is 57.0 Å². The lowest BCUT2D eigenvalue weighted by Gasteiger charge is -2.37. The van der Waals surface area contributed by atoms with Crippen LogP contribution in [-0.2, 0) is 21.4 Å². The van der Waals surface area contributed by atoms with Gasteiger partial charge in [0.2, 0.25) is 11.8 Å². The molecule has 0 radical (unpaired) electrons. The fourth-order valence-corrected chi connectivity index (χ4v) is 5.74. The van der Waals surface area contributed by atoms with Gasteiger partial charge in [0, 0.05) is 43.1 Å². The summed E-state index contributed by atoms with van der Waals surface area (Å²) in [4.78, 5) is 44.5. The molecule has 1 aliphatic heterocycles. The van der Waals surface area contributed by atoms with Gasteiger partial charge < -0.3 is 20.1 Å². The van der Waals surface area contributed by atoms with Gasteiger partial charge in [0.15, 0.2) is 0 Å². The Labute approximate surface area is 218 Å². The van der Waals surface area contributed by atoms with Gasteiger partial charge in [-0.3, -0.25) is 19.4 Å². The second-order valence-electron chi connectivity index (χ2n) is 11.8. The van der Waals surface area contributed by atoms with Gasteiger partial charge >= 0.3 is 12.1 Å². The Bertz CT molecular complexity index is 1340. The van der Waals surface area contributed by atoms with Crippen LogP contribution in [0.1, 0.15) is 46.2 Å². The number of alkyl halides is 3. The Morgan fingerprint density at radius 2 is 1.84 bits per heavy atom. The number of carbonyl (C=O) groups is 3. The lowest BCUT2D eigenvalue weighted by atomic mass is 9.85. The molecule has 2 aromatic heterocycles. The van der Waals surface area contributed by atoms with Crippen LogP contribution in [0.5, 0.6) is 0 Å². The summed E-state index contributed by atoms with van der Waals surface area (Å²) in [5, 5.41) is 15.3. The van der Waals surface area contributed by atoms with E-state index in [0.717, 1.165) is 10.9 Å². The number of hydrogen-bond acceptors (Lipinski definition) is 5. The van der Waals surface area contributed by atoms with Gasteiger partial charge in [0.1, 0.15) is 18.1 Å². The summed E-state index contributed by atoms with van der Waals surface area (Å²) in [6, 6.07) is 0.330. The quantitative estimate of drug-likeness (QED) is 0.614. The van der Waals surface area contributed by atoms with Gasteiger partial charge in [-0.2, -0.15) is 18.4 Å². The van der Waals surface area contributed by atoms with Crippen LogP contribution < -0.4 is 10.6 Å². The standard InChI is InChI=1S/C26H31F3N6O3/c1-24(2,3)20(33-23(38)26(27,28)29)22(37)35-12-15-17(25(15,4)5)19(35)21(36)32-16(9-30)14-11-31-10-13-7-8-34(6)18(13)14/h7-8,10-11,15-17,19-20H,12H2,1-6H3,(H,32,36)(H,33,38)/t15-,16?,17-,19-,20+/m0/s1. The van der Waals surface area contributed by atoms with Gasteiger partial charge in [-0.1, -0.05) is 34.6 Å². The van der Waals surface area contributed by atoms with Crippen molar-refractivity contribution < 1.29 is 27.6 Å². The van der Waals surface area contributed by atoms with Gasteiger partial charge in [0.25, 0.3) is 0 Å². The molecule has 2 N–H and O–H groups in total. The molecule has 2 aromatic rings. The van der Waals surface area contributed by atoms with E-state index in [1.165, 1.54) is 11.1 Å². The molecule has 5 atom stereocenters. The van der Waals surface area contributed by atoms with Gasteiger partial charge in [0.05, 0.1) is 11.6 Å². The van der Waals surface area contributed by atoms with E-state index in [1.54, 1.807) is 34.0 Å². The summed E-state index contributed by atoms with van der Waals surface area (Å²) < 4.78 is 40.9. The third-order valence-electron chi connectivity index (χ3n) is 7.94. The minimum absolute atomic E-state index is 0.0420. The molecule has 2 fully saturated rings. The predicted molar refractivity (Wildman–Crippen MR) is 131 cm³/mol. The van der Waals surface area contributed by atoms with Gasteiger partial charge in [-0.25, -0.2) is 0 Å². The fraction of sp³-hybridized carbons (Fsp3) is 0.577. The van der Waals surface area contributed by atoms with Crippen molar-refractivity contribution in [2.45, 2.75) is 58.9 Å². The first-order valence-electron chi connectivity index (χ1n) is 12.3. The van der Waals surface area contributed by atoms with E-state index in [4.69, 9.17) is 0 Å². The molecule has 0 spiro atoms. The lowest BCUT2D eigenvalue weighted by molar-refractivity contribution is -0.176. The molecular weight excluding hydrogens is 501 g/mol. The van der Waals surface area contributed by atoms with E-state index in [0.29, 0.717) is 5.56 Å². The van der Waals surface area contributed by atoms with Crippen molar-refractivity contribution >= 4 is 28.6 Å². The topological polar surface area (TPSA) is 120 Å². The number of likely N-dealkylation sites (tertiary alicyclic amines) is 1. The largest absolute Gasteiger partial charge is 0.471 e. The third-order valence-corrected chi connectivity index (χ3v) is 7.94. The number of nitriles is 1. The Hall–Kier alpha value is -3.62. The number of carbonyl (C=O) groups excluding carboxylic acids is 3. The molecule has 9 nitrogen and oxygen atoms in total. The molecule has 2 aliphatic rings. The number of aromatic nitrogens is 2. The molecule has 12 heteroatoms. The zero-order valence-electron chi connectivity index (χ0n) is 22.1. The average Bonchev–Trinajstić information content (AvgIpc) is 3.16. The average molecular weight is 533 g/mol. The highest BCUT2D eigenvalue weighted by Gasteiger charge is 2.70. The maximum atomic E-state index is 13.7. The summed E-state index contributed by atoms with van der Waals surface area (Å²) in [6.45, 7) is 8.72. The SMILES string of the molecule is Cn1ccc2cncc(C(C#N)NC(=O)[C@@H]3[C@@H]4[C@H](CN3C(=O)[C@@H](NC(=O)C(F)(F)F)C(C)(C)C)C4(C)C)c21. The molecule has 38 heavy (non-hydrogen) atoms. The lowest BCUT2D eigenvalue weighted by Crippen LogP contribution is -2.60. The highest BCUT2D eigenvalue weighted by atomic mass is 19.4. The number of halogens is 3. The Balaban J connectivity index is 1.64. The highest BCUT2D eigenvalue weighted by Crippen LogP contribution is 2.65. The molecule has 3 heterocycles. The molecule has 0 aromatic carbocycles. The number of hydrogen-bond donors (Lipinski definition) is 2. The second-order valence-corrected chi connectivity index (χ2v) is 11.8. The second kappa shape index (κ2) is 8.99. The molecular formula is C26H31F3N6O3. The molecule has 3 amide bonds. The maximum Gasteiger partial charge on any atom is 0.471 e. The van der Waals surface area contributed by atoms with Crippen LogP contribution in [0.2, 0.25) is 0 Å². The van der Waals surface area contributed by atoms with Gasteiger partial charge in [-0.15, -0.1) is 0 Å². The molecule has 1 unspecified atom stereocenters. The predicted octanol–water partition coefficient (Wildman–Crippen LogP) is 2.83. The number of piperidine rings is 1. The molecule has 1 saturated heterocycles. The first-order chi connectivity index (χ1) is 17.5. The van der Waals surface area contributed by atoms with E-state index >= 15 is 0 Å². The zero-order valence-corrected chi connectivity index (χ0v) is 22.1. The summed E-state index contributed by atoms with van der Waals surface area (Å²) in [7, 11) is 1.80. The van der Waals surface area contributed by atoms with Crippen LogP contribution in [0.25, 0.3) is 10.9 Å². The number of nitrogens with one attached hydrogen (secondary N) is 2. The smallest absolute Gasteiger partial charge is 0.350 e. The Morgan fingerprint density at radius 3 is 2.42 bits per heavy atom. The van der Waals surface area contributed by atoms with Crippen molar-refractivity contribution in [1.29, 1.82) is 5.26 Å². The minimum Gasteiger partial charge on any atom is -0.350 e. The van der Waals surface area contributed by atoms with E-state index < -0.39 is 47.4 Å². The summed E-state index contributed by atoms with van der Waals surface area (Å²) in [5.41, 5.74) is -0.130. The van der Waals surface area contributed by atoms with Crippen LogP contribution in [0.4, 0.5) is 13.2 Å². The van der Waals surface area contributed by atoms with Crippen LogP contribution in [0.15, 0.2) is 24.7 Å². The summed E-state index contributed by atoms with van der Waals surface area (Å²) >= 11 is 0. The van der Waals surface area contributed by atoms with Crippen molar-refractivity contribution in [3.05, 3.63) is 30.2 Å². The Morgan fingerprint density at radius 1 is 1.18 bits per heavy atom. The van der Waals surface area contributed by atoms with Crippen molar-refractivity contribution in [2.75, 3.05) is 6.54 Å². The van der Waals surface area contributed by atoms with Crippen molar-refractivity contribution in [3.8, 4) is 6.07 Å². The number of nitrogens with zero attached hydrogens (tertiary/aromatic N) is 4.